The Morgan fingerprint density at radius 2 is 1.94 bits per heavy atom. The maximum Gasteiger partial charge on any atom is 0.327 e. The van der Waals surface area contributed by atoms with Crippen molar-refractivity contribution >= 4 is 17.7 Å². The molecule has 0 spiro atoms. The van der Waals surface area contributed by atoms with Crippen LogP contribution >= 0.6 is 0 Å². The van der Waals surface area contributed by atoms with Crippen molar-refractivity contribution in [2.45, 2.75) is 6.92 Å². The fourth-order valence-electron chi connectivity index (χ4n) is 1.08. The summed E-state index contributed by atoms with van der Waals surface area (Å²) in [6.45, 7) is 2.46. The van der Waals surface area contributed by atoms with Crippen LogP contribution in [-0.2, 0) is 0 Å². The molecule has 0 heterocycles. The molecule has 1 rings (SSSR count). The second kappa shape index (κ2) is 5.59. The molecule has 4 N–H and O–H groups in total. The Labute approximate surface area is 92.8 Å². The summed E-state index contributed by atoms with van der Waals surface area (Å²) < 4.78 is 5.23. The highest BCUT2D eigenvalue weighted by molar-refractivity contribution is 6.00. The van der Waals surface area contributed by atoms with E-state index >= 15 is 0 Å². The van der Waals surface area contributed by atoms with Crippen molar-refractivity contribution in [3.63, 3.8) is 0 Å². The smallest absolute Gasteiger partial charge is 0.327 e. The van der Waals surface area contributed by atoms with Crippen LogP contribution in [0.15, 0.2) is 24.3 Å². The molecule has 0 aliphatic carbocycles. The van der Waals surface area contributed by atoms with Crippen LogP contribution in [0.5, 0.6) is 5.75 Å². The van der Waals surface area contributed by atoms with E-state index in [1.54, 1.807) is 24.3 Å². The Kier molecular flexibility index (Phi) is 4.14. The summed E-state index contributed by atoms with van der Waals surface area (Å²) in [5.41, 5.74) is 5.32. The highest BCUT2D eigenvalue weighted by Gasteiger charge is 2.03. The predicted octanol–water partition coefficient (Wildman–Crippen LogP) is 1.29. The van der Waals surface area contributed by atoms with Crippen LogP contribution in [0, 0.1) is 0 Å². The quantitative estimate of drug-likeness (QED) is 0.720. The summed E-state index contributed by atoms with van der Waals surface area (Å²) >= 11 is 0. The molecule has 16 heavy (non-hydrogen) atoms. The molecule has 86 valence electrons. The molecule has 4 amide bonds. The first-order valence-corrected chi connectivity index (χ1v) is 4.72. The van der Waals surface area contributed by atoms with Gasteiger partial charge in [-0.15, -0.1) is 0 Å². The van der Waals surface area contributed by atoms with Gasteiger partial charge in [-0.05, 0) is 31.2 Å². The van der Waals surface area contributed by atoms with Crippen LogP contribution in [0.25, 0.3) is 0 Å². The predicted molar refractivity (Wildman–Crippen MR) is 59.3 cm³/mol. The number of primary amides is 1. The summed E-state index contributed by atoms with van der Waals surface area (Å²) in [5, 5.41) is 4.32. The first-order chi connectivity index (χ1) is 7.61. The van der Waals surface area contributed by atoms with E-state index in [1.165, 1.54) is 0 Å². The summed E-state index contributed by atoms with van der Waals surface area (Å²) in [6, 6.07) is 5.17. The first-order valence-electron chi connectivity index (χ1n) is 4.72. The molecule has 0 fully saturated rings. The molecule has 0 saturated carbocycles. The zero-order chi connectivity index (χ0) is 12.0. The summed E-state index contributed by atoms with van der Waals surface area (Å²) in [6.07, 6.45) is 0. The van der Waals surface area contributed by atoms with Gasteiger partial charge in [-0.3, -0.25) is 5.32 Å². The third-order valence-corrected chi connectivity index (χ3v) is 1.66. The van der Waals surface area contributed by atoms with Crippen molar-refractivity contribution in [2.75, 3.05) is 11.9 Å². The number of imide groups is 1. The minimum Gasteiger partial charge on any atom is -0.494 e. The molecule has 0 aromatic heterocycles. The number of amides is 4. The second-order valence-electron chi connectivity index (χ2n) is 2.90. The van der Waals surface area contributed by atoms with Crippen LogP contribution in [0.4, 0.5) is 15.3 Å². The van der Waals surface area contributed by atoms with Crippen LogP contribution < -0.4 is 21.1 Å². The molecular formula is C10H13N3O3. The number of carbonyl (C=O) groups is 2. The number of carbonyl (C=O) groups excluding carboxylic acids is 2. The Morgan fingerprint density at radius 1 is 1.31 bits per heavy atom. The maximum atomic E-state index is 11.1. The van der Waals surface area contributed by atoms with Gasteiger partial charge in [-0.2, -0.15) is 0 Å². The van der Waals surface area contributed by atoms with Crippen molar-refractivity contribution < 1.29 is 14.3 Å². The van der Waals surface area contributed by atoms with Gasteiger partial charge in [0.15, 0.2) is 0 Å². The first kappa shape index (κ1) is 11.8. The van der Waals surface area contributed by atoms with Crippen molar-refractivity contribution in [1.82, 2.24) is 5.32 Å². The second-order valence-corrected chi connectivity index (χ2v) is 2.90. The normalized spacial score (nSPS) is 9.31. The molecule has 0 atom stereocenters. The van der Waals surface area contributed by atoms with Gasteiger partial charge in [-0.25, -0.2) is 9.59 Å². The lowest BCUT2D eigenvalue weighted by molar-refractivity contribution is 0.238. The Morgan fingerprint density at radius 3 is 2.44 bits per heavy atom. The van der Waals surface area contributed by atoms with Crippen LogP contribution in [-0.4, -0.2) is 18.7 Å². The lowest BCUT2D eigenvalue weighted by Gasteiger charge is -2.06. The van der Waals surface area contributed by atoms with E-state index in [-0.39, 0.29) is 0 Å². The minimum absolute atomic E-state index is 0.544. The van der Waals surface area contributed by atoms with Gasteiger partial charge in [0.2, 0.25) is 0 Å². The van der Waals surface area contributed by atoms with Crippen LogP contribution in [0.3, 0.4) is 0 Å². The maximum absolute atomic E-state index is 11.1. The number of urea groups is 2. The van der Waals surface area contributed by atoms with Crippen molar-refractivity contribution in [2.24, 2.45) is 5.73 Å². The molecular weight excluding hydrogens is 210 g/mol. The number of hydrogen-bond acceptors (Lipinski definition) is 3. The minimum atomic E-state index is -0.900. The highest BCUT2D eigenvalue weighted by Crippen LogP contribution is 2.15. The number of rotatable bonds is 3. The fraction of sp³-hybridized carbons (Fsp3) is 0.200. The average molecular weight is 223 g/mol. The molecule has 0 saturated heterocycles. The molecule has 0 bridgehead atoms. The van der Waals surface area contributed by atoms with Crippen LogP contribution in [0.2, 0.25) is 0 Å². The molecule has 0 aliphatic rings. The molecule has 0 unspecified atom stereocenters. The highest BCUT2D eigenvalue weighted by atomic mass is 16.5. The van der Waals surface area contributed by atoms with E-state index in [1.807, 2.05) is 12.2 Å². The van der Waals surface area contributed by atoms with E-state index < -0.39 is 12.1 Å². The van der Waals surface area contributed by atoms with Gasteiger partial charge in [0.05, 0.1) is 6.61 Å². The standard InChI is InChI=1S/C10H13N3O3/c1-2-16-8-5-3-7(4-6-8)12-10(15)13-9(11)14/h3-6H,2H2,1H3,(H4,11,12,13,14,15). The van der Waals surface area contributed by atoms with Crippen molar-refractivity contribution in [3.8, 4) is 5.75 Å². The lowest BCUT2D eigenvalue weighted by atomic mass is 10.3. The van der Waals surface area contributed by atoms with E-state index in [9.17, 15) is 9.59 Å². The van der Waals surface area contributed by atoms with Gasteiger partial charge in [-0.1, -0.05) is 0 Å². The van der Waals surface area contributed by atoms with Gasteiger partial charge in [0.25, 0.3) is 0 Å². The van der Waals surface area contributed by atoms with Crippen molar-refractivity contribution in [1.29, 1.82) is 0 Å². The Bertz CT molecular complexity index is 375. The average Bonchev–Trinajstić information content (AvgIpc) is 2.20. The molecule has 0 radical (unpaired) electrons. The third kappa shape index (κ3) is 3.87. The number of nitrogens with two attached hydrogens (primary N) is 1. The summed E-state index contributed by atoms with van der Waals surface area (Å²) in [4.78, 5) is 21.4. The van der Waals surface area contributed by atoms with E-state index in [2.05, 4.69) is 5.32 Å². The Hall–Kier alpha value is -2.24. The largest absolute Gasteiger partial charge is 0.494 e. The number of ether oxygens (including phenoxy) is 1. The van der Waals surface area contributed by atoms with Gasteiger partial charge >= 0.3 is 12.1 Å². The topological polar surface area (TPSA) is 93.4 Å². The lowest BCUT2D eigenvalue weighted by Crippen LogP contribution is -2.38. The molecule has 1 aromatic carbocycles. The van der Waals surface area contributed by atoms with E-state index in [0.29, 0.717) is 18.0 Å². The molecule has 6 nitrogen and oxygen atoms in total. The SMILES string of the molecule is CCOc1ccc(NC(=O)NC(N)=O)cc1. The number of hydrogen-bond donors (Lipinski definition) is 3. The monoisotopic (exact) mass is 223 g/mol. The Balaban J connectivity index is 2.54. The zero-order valence-corrected chi connectivity index (χ0v) is 8.82. The van der Waals surface area contributed by atoms with E-state index in [0.717, 1.165) is 0 Å². The fourth-order valence-corrected chi connectivity index (χ4v) is 1.08. The van der Waals surface area contributed by atoms with Crippen molar-refractivity contribution in [3.05, 3.63) is 24.3 Å². The molecule has 0 aliphatic heterocycles. The molecule has 1 aromatic rings. The van der Waals surface area contributed by atoms with Crippen LogP contribution in [0.1, 0.15) is 6.92 Å². The number of benzene rings is 1. The molecule has 6 heteroatoms. The summed E-state index contributed by atoms with van der Waals surface area (Å²) in [7, 11) is 0. The van der Waals surface area contributed by atoms with Gasteiger partial charge in [0.1, 0.15) is 5.75 Å². The summed E-state index contributed by atoms with van der Waals surface area (Å²) in [5.74, 6) is 0.711. The van der Waals surface area contributed by atoms with Gasteiger partial charge < -0.3 is 15.8 Å². The zero-order valence-electron chi connectivity index (χ0n) is 8.82. The third-order valence-electron chi connectivity index (χ3n) is 1.66. The number of anilines is 1. The van der Waals surface area contributed by atoms with E-state index in [4.69, 9.17) is 10.5 Å². The number of nitrogens with one attached hydrogen (secondary N) is 2. The van der Waals surface area contributed by atoms with Gasteiger partial charge in [0, 0.05) is 5.69 Å².